The van der Waals surface area contributed by atoms with Crippen LogP contribution in [0.4, 0.5) is 0 Å². The molecule has 1 saturated carbocycles. The minimum absolute atomic E-state index is 0.154. The maximum atomic E-state index is 11.4. The first-order valence-electron chi connectivity index (χ1n) is 4.84. The van der Waals surface area contributed by atoms with Crippen molar-refractivity contribution in [2.45, 2.75) is 31.0 Å². The second-order valence-corrected chi connectivity index (χ2v) is 3.76. The molecule has 0 radical (unpaired) electrons. The van der Waals surface area contributed by atoms with Crippen molar-refractivity contribution in [3.63, 3.8) is 0 Å². The summed E-state index contributed by atoms with van der Waals surface area (Å²) in [6.07, 6.45) is 1.93. The minimum Gasteiger partial charge on any atom is -0.388 e. The molecule has 1 rings (SSSR count). The zero-order chi connectivity index (χ0) is 10.6. The third kappa shape index (κ3) is 2.67. The van der Waals surface area contributed by atoms with Crippen molar-refractivity contribution in [1.29, 1.82) is 0 Å². The van der Waals surface area contributed by atoms with E-state index in [0.29, 0.717) is 6.54 Å². The van der Waals surface area contributed by atoms with E-state index in [0.717, 1.165) is 19.3 Å². The van der Waals surface area contributed by atoms with Gasteiger partial charge in [-0.3, -0.25) is 4.79 Å². The summed E-state index contributed by atoms with van der Waals surface area (Å²) in [6, 6.07) is 0. The maximum absolute atomic E-state index is 11.4. The Bertz CT molecular complexity index is 200. The van der Waals surface area contributed by atoms with Gasteiger partial charge in [0.1, 0.15) is 6.10 Å². The van der Waals surface area contributed by atoms with Crippen LogP contribution in [-0.2, 0) is 9.53 Å². The molecule has 5 nitrogen and oxygen atoms in total. The second kappa shape index (κ2) is 4.72. The van der Waals surface area contributed by atoms with Gasteiger partial charge < -0.3 is 20.9 Å². The van der Waals surface area contributed by atoms with Crippen molar-refractivity contribution in [1.82, 2.24) is 5.32 Å². The largest absolute Gasteiger partial charge is 0.388 e. The van der Waals surface area contributed by atoms with E-state index in [2.05, 4.69) is 5.32 Å². The van der Waals surface area contributed by atoms with Crippen molar-refractivity contribution in [3.8, 4) is 0 Å². The molecule has 4 N–H and O–H groups in total. The van der Waals surface area contributed by atoms with E-state index in [1.54, 1.807) is 0 Å². The number of nitrogens with one attached hydrogen (secondary N) is 1. The second-order valence-electron chi connectivity index (χ2n) is 3.76. The van der Waals surface area contributed by atoms with Gasteiger partial charge in [-0.1, -0.05) is 0 Å². The van der Waals surface area contributed by atoms with E-state index < -0.39 is 11.7 Å². The highest BCUT2D eigenvalue weighted by atomic mass is 16.5. The average molecular weight is 202 g/mol. The topological polar surface area (TPSA) is 84.6 Å². The number of carbonyl (C=O) groups is 1. The van der Waals surface area contributed by atoms with Crippen molar-refractivity contribution in [2.24, 2.45) is 5.73 Å². The molecule has 1 amide bonds. The normalized spacial score (nSPS) is 21.1. The van der Waals surface area contributed by atoms with Crippen LogP contribution < -0.4 is 11.1 Å². The molecule has 0 saturated heterocycles. The van der Waals surface area contributed by atoms with Crippen LogP contribution in [0.5, 0.6) is 0 Å². The Kier molecular flexibility index (Phi) is 3.86. The van der Waals surface area contributed by atoms with Crippen LogP contribution in [0.2, 0.25) is 0 Å². The van der Waals surface area contributed by atoms with Gasteiger partial charge in [0, 0.05) is 20.2 Å². The van der Waals surface area contributed by atoms with Crippen LogP contribution >= 0.6 is 0 Å². The van der Waals surface area contributed by atoms with E-state index in [1.165, 1.54) is 7.11 Å². The molecule has 0 aromatic rings. The molecule has 14 heavy (non-hydrogen) atoms. The smallest absolute Gasteiger partial charge is 0.250 e. The van der Waals surface area contributed by atoms with Crippen molar-refractivity contribution >= 4 is 5.91 Å². The Balaban J connectivity index is 2.26. The number of ether oxygens (including phenoxy) is 1. The van der Waals surface area contributed by atoms with Gasteiger partial charge in [0.05, 0.1) is 5.60 Å². The van der Waals surface area contributed by atoms with Crippen molar-refractivity contribution in [3.05, 3.63) is 0 Å². The summed E-state index contributed by atoms with van der Waals surface area (Å²) in [6.45, 7) is 0.451. The van der Waals surface area contributed by atoms with Crippen molar-refractivity contribution in [2.75, 3.05) is 20.2 Å². The Morgan fingerprint density at radius 1 is 1.71 bits per heavy atom. The Hall–Kier alpha value is -0.650. The van der Waals surface area contributed by atoms with Gasteiger partial charge in [-0.2, -0.15) is 0 Å². The van der Waals surface area contributed by atoms with Gasteiger partial charge in [0.2, 0.25) is 0 Å². The lowest BCUT2D eigenvalue weighted by molar-refractivity contribution is -0.132. The predicted molar refractivity (Wildman–Crippen MR) is 51.7 cm³/mol. The number of aliphatic hydroxyl groups is 1. The molecule has 1 aliphatic rings. The van der Waals surface area contributed by atoms with Crippen LogP contribution in [0.25, 0.3) is 0 Å². The van der Waals surface area contributed by atoms with Gasteiger partial charge in [0.15, 0.2) is 0 Å². The van der Waals surface area contributed by atoms with Gasteiger partial charge in [-0.25, -0.2) is 0 Å². The Morgan fingerprint density at radius 3 is 2.71 bits per heavy atom. The third-order valence-corrected chi connectivity index (χ3v) is 2.67. The molecule has 0 aromatic heterocycles. The number of hydrogen-bond acceptors (Lipinski definition) is 4. The summed E-state index contributed by atoms with van der Waals surface area (Å²) in [5.41, 5.74) is 4.63. The number of hydrogen-bond donors (Lipinski definition) is 3. The number of methoxy groups -OCH3 is 1. The maximum Gasteiger partial charge on any atom is 0.250 e. The van der Waals surface area contributed by atoms with Gasteiger partial charge in [0.25, 0.3) is 5.91 Å². The van der Waals surface area contributed by atoms with E-state index in [4.69, 9.17) is 10.5 Å². The fourth-order valence-electron chi connectivity index (χ4n) is 1.44. The molecule has 0 bridgehead atoms. The third-order valence-electron chi connectivity index (χ3n) is 2.67. The zero-order valence-corrected chi connectivity index (χ0v) is 8.45. The van der Waals surface area contributed by atoms with Crippen LogP contribution in [0.3, 0.4) is 0 Å². The summed E-state index contributed by atoms with van der Waals surface area (Å²) in [5, 5.41) is 12.3. The van der Waals surface area contributed by atoms with Crippen molar-refractivity contribution < 1.29 is 14.6 Å². The van der Waals surface area contributed by atoms with Gasteiger partial charge in [-0.15, -0.1) is 0 Å². The lowest BCUT2D eigenvalue weighted by atomic mass is 9.80. The summed E-state index contributed by atoms with van der Waals surface area (Å²) < 4.78 is 4.86. The number of carbonyl (C=O) groups excluding carboxylic acids is 1. The first-order valence-corrected chi connectivity index (χ1v) is 4.84. The predicted octanol–water partition coefficient (Wildman–Crippen LogP) is -1.01. The summed E-state index contributed by atoms with van der Waals surface area (Å²) in [4.78, 5) is 11.4. The first kappa shape index (κ1) is 11.4. The highest BCUT2D eigenvalue weighted by molar-refractivity contribution is 5.81. The van der Waals surface area contributed by atoms with Gasteiger partial charge in [-0.05, 0) is 19.3 Å². The van der Waals surface area contributed by atoms with Gasteiger partial charge >= 0.3 is 0 Å². The molecular weight excluding hydrogens is 184 g/mol. The Labute approximate surface area is 83.6 Å². The molecule has 0 aromatic carbocycles. The van der Waals surface area contributed by atoms with Crippen LogP contribution in [0.15, 0.2) is 0 Å². The monoisotopic (exact) mass is 202 g/mol. The van der Waals surface area contributed by atoms with E-state index in [9.17, 15) is 9.90 Å². The minimum atomic E-state index is -0.692. The zero-order valence-electron chi connectivity index (χ0n) is 8.45. The lowest BCUT2D eigenvalue weighted by Gasteiger charge is -2.36. The Morgan fingerprint density at radius 2 is 2.36 bits per heavy atom. The van der Waals surface area contributed by atoms with E-state index >= 15 is 0 Å². The molecule has 1 unspecified atom stereocenters. The molecule has 5 heteroatoms. The van der Waals surface area contributed by atoms with E-state index in [-0.39, 0.29) is 12.5 Å². The number of nitrogens with two attached hydrogens (primary N) is 1. The summed E-state index contributed by atoms with van der Waals surface area (Å²) in [5.74, 6) is -0.254. The van der Waals surface area contributed by atoms with E-state index in [1.807, 2.05) is 0 Å². The molecule has 0 aliphatic heterocycles. The molecule has 0 spiro atoms. The van der Waals surface area contributed by atoms with Crippen LogP contribution in [0.1, 0.15) is 19.3 Å². The molecule has 1 fully saturated rings. The van der Waals surface area contributed by atoms with Crippen LogP contribution in [0, 0.1) is 0 Å². The SMILES string of the molecule is COC(CN)C(=O)NCC1(O)CCC1. The fraction of sp³-hybridized carbons (Fsp3) is 0.889. The average Bonchev–Trinajstić information content (AvgIpc) is 2.13. The molecule has 82 valence electrons. The van der Waals surface area contributed by atoms with Crippen LogP contribution in [-0.4, -0.2) is 42.9 Å². The molecule has 1 aliphatic carbocycles. The quantitative estimate of drug-likeness (QED) is 0.533. The standard InChI is InChI=1S/C9H18N2O3/c1-14-7(5-10)8(12)11-6-9(13)3-2-4-9/h7,13H,2-6,10H2,1H3,(H,11,12). The molecule has 1 atom stereocenters. The highest BCUT2D eigenvalue weighted by Crippen LogP contribution is 2.30. The number of amides is 1. The first-order chi connectivity index (χ1) is 6.61. The number of rotatable bonds is 5. The lowest BCUT2D eigenvalue weighted by Crippen LogP contribution is -2.51. The fourth-order valence-corrected chi connectivity index (χ4v) is 1.44. The molecular formula is C9H18N2O3. The highest BCUT2D eigenvalue weighted by Gasteiger charge is 2.35. The summed E-state index contributed by atoms with van der Waals surface area (Å²) in [7, 11) is 1.44. The summed E-state index contributed by atoms with van der Waals surface area (Å²) >= 11 is 0. The molecule has 0 heterocycles.